The van der Waals surface area contributed by atoms with Crippen molar-refractivity contribution in [3.8, 4) is 22.8 Å². The molecule has 0 aliphatic heterocycles. The topological polar surface area (TPSA) is 55.7 Å². The van der Waals surface area contributed by atoms with Gasteiger partial charge in [-0.05, 0) is 35.9 Å². The minimum Gasteiger partial charge on any atom is -0.493 e. The molecule has 25 heavy (non-hydrogen) atoms. The summed E-state index contributed by atoms with van der Waals surface area (Å²) >= 11 is 7.42. The van der Waals surface area contributed by atoms with E-state index in [1.165, 1.54) is 11.3 Å². The first-order chi connectivity index (χ1) is 12.2. The minimum absolute atomic E-state index is 0.668. The summed E-state index contributed by atoms with van der Waals surface area (Å²) < 4.78 is 10.6. The number of aromatic nitrogens is 1. The summed E-state index contributed by atoms with van der Waals surface area (Å²) in [6.45, 7) is 0. The molecular formula is C18H16ClN3O2S. The third-order valence-corrected chi connectivity index (χ3v) is 4.39. The summed E-state index contributed by atoms with van der Waals surface area (Å²) in [5.74, 6) is 1.35. The summed E-state index contributed by atoms with van der Waals surface area (Å²) in [5, 5.41) is 7.52. The van der Waals surface area contributed by atoms with E-state index in [9.17, 15) is 0 Å². The maximum atomic E-state index is 5.95. The van der Waals surface area contributed by atoms with Crippen LogP contribution in [0.2, 0.25) is 5.02 Å². The van der Waals surface area contributed by atoms with Crippen molar-refractivity contribution in [1.29, 1.82) is 0 Å². The Hall–Kier alpha value is -2.57. The Balaban J connectivity index is 1.72. The van der Waals surface area contributed by atoms with Crippen molar-refractivity contribution in [2.45, 2.75) is 0 Å². The van der Waals surface area contributed by atoms with Crippen LogP contribution in [0.15, 0.2) is 52.9 Å². The summed E-state index contributed by atoms with van der Waals surface area (Å²) in [6.07, 6.45) is 1.70. The lowest BCUT2D eigenvalue weighted by molar-refractivity contribution is 0.355. The molecule has 5 nitrogen and oxygen atoms in total. The first-order valence-electron chi connectivity index (χ1n) is 7.42. The van der Waals surface area contributed by atoms with Gasteiger partial charge in [0, 0.05) is 16.0 Å². The smallest absolute Gasteiger partial charge is 0.203 e. The van der Waals surface area contributed by atoms with Crippen LogP contribution in [0.25, 0.3) is 11.3 Å². The van der Waals surface area contributed by atoms with Gasteiger partial charge in [0.05, 0.1) is 26.1 Å². The number of methoxy groups -OCH3 is 2. The molecule has 0 unspecified atom stereocenters. The predicted molar refractivity (Wildman–Crippen MR) is 103 cm³/mol. The molecule has 0 radical (unpaired) electrons. The van der Waals surface area contributed by atoms with E-state index in [0.717, 1.165) is 16.8 Å². The van der Waals surface area contributed by atoms with Crippen molar-refractivity contribution in [2.75, 3.05) is 19.6 Å². The van der Waals surface area contributed by atoms with E-state index in [-0.39, 0.29) is 0 Å². The Kier molecular flexibility index (Phi) is 5.53. The average molecular weight is 374 g/mol. The van der Waals surface area contributed by atoms with Crippen molar-refractivity contribution in [1.82, 2.24) is 4.98 Å². The summed E-state index contributed by atoms with van der Waals surface area (Å²) in [7, 11) is 3.22. The third-order valence-electron chi connectivity index (χ3n) is 3.41. The molecule has 0 spiro atoms. The Morgan fingerprint density at radius 1 is 1.12 bits per heavy atom. The number of rotatable bonds is 6. The zero-order chi connectivity index (χ0) is 17.6. The van der Waals surface area contributed by atoms with Gasteiger partial charge in [-0.15, -0.1) is 11.3 Å². The molecule has 3 rings (SSSR count). The quantitative estimate of drug-likeness (QED) is 0.492. The zero-order valence-corrected chi connectivity index (χ0v) is 15.3. The largest absolute Gasteiger partial charge is 0.493 e. The highest BCUT2D eigenvalue weighted by atomic mass is 35.5. The number of halogens is 1. The second kappa shape index (κ2) is 8.00. The summed E-state index contributed by atoms with van der Waals surface area (Å²) in [5.41, 5.74) is 5.63. The van der Waals surface area contributed by atoms with Crippen LogP contribution in [0.5, 0.6) is 11.5 Å². The van der Waals surface area contributed by atoms with Crippen LogP contribution in [-0.4, -0.2) is 25.4 Å². The van der Waals surface area contributed by atoms with Crippen molar-refractivity contribution >= 4 is 34.3 Å². The molecule has 1 heterocycles. The lowest BCUT2D eigenvalue weighted by Crippen LogP contribution is -1.92. The van der Waals surface area contributed by atoms with Gasteiger partial charge < -0.3 is 9.47 Å². The first kappa shape index (κ1) is 17.3. The molecule has 0 bridgehead atoms. The van der Waals surface area contributed by atoms with Gasteiger partial charge in [-0.25, -0.2) is 4.98 Å². The zero-order valence-electron chi connectivity index (χ0n) is 13.7. The fraction of sp³-hybridized carbons (Fsp3) is 0.111. The van der Waals surface area contributed by atoms with E-state index >= 15 is 0 Å². The van der Waals surface area contributed by atoms with Gasteiger partial charge in [0.15, 0.2) is 11.5 Å². The van der Waals surface area contributed by atoms with Gasteiger partial charge in [-0.3, -0.25) is 5.43 Å². The highest BCUT2D eigenvalue weighted by Gasteiger charge is 2.09. The Bertz CT molecular complexity index is 896. The summed E-state index contributed by atoms with van der Waals surface area (Å²) in [4.78, 5) is 4.53. The standard InChI is InChI=1S/C18H16ClN3O2S/c1-23-16-7-6-13(9-17(16)24-2)15-11-25-18(21-15)22-20-10-12-4-3-5-14(19)8-12/h3-11H,1-2H3,(H,21,22)/b20-10-. The Morgan fingerprint density at radius 2 is 1.96 bits per heavy atom. The number of nitrogens with one attached hydrogen (secondary N) is 1. The van der Waals surface area contributed by atoms with Gasteiger partial charge in [0.25, 0.3) is 0 Å². The number of nitrogens with zero attached hydrogens (tertiary/aromatic N) is 2. The van der Waals surface area contributed by atoms with Crippen LogP contribution >= 0.6 is 22.9 Å². The number of benzene rings is 2. The molecule has 0 saturated carbocycles. The highest BCUT2D eigenvalue weighted by Crippen LogP contribution is 2.33. The van der Waals surface area contributed by atoms with Crippen molar-refractivity contribution in [2.24, 2.45) is 5.10 Å². The van der Waals surface area contributed by atoms with E-state index in [0.29, 0.717) is 21.7 Å². The Labute approximate surface area is 154 Å². The lowest BCUT2D eigenvalue weighted by atomic mass is 10.1. The summed E-state index contributed by atoms with van der Waals surface area (Å²) in [6, 6.07) is 13.2. The average Bonchev–Trinajstić information content (AvgIpc) is 3.10. The molecule has 2 aromatic carbocycles. The first-order valence-corrected chi connectivity index (χ1v) is 8.68. The van der Waals surface area contributed by atoms with Crippen LogP contribution in [0.4, 0.5) is 5.13 Å². The van der Waals surface area contributed by atoms with Crippen LogP contribution in [-0.2, 0) is 0 Å². The number of hydrazone groups is 1. The van der Waals surface area contributed by atoms with Gasteiger partial charge >= 0.3 is 0 Å². The molecule has 0 saturated heterocycles. The molecule has 0 amide bonds. The van der Waals surface area contributed by atoms with E-state index in [4.69, 9.17) is 21.1 Å². The van der Waals surface area contributed by atoms with Gasteiger partial charge in [-0.2, -0.15) is 5.10 Å². The molecular weight excluding hydrogens is 358 g/mol. The van der Waals surface area contributed by atoms with E-state index in [2.05, 4.69) is 15.5 Å². The molecule has 0 aliphatic rings. The molecule has 3 aromatic rings. The van der Waals surface area contributed by atoms with Crippen LogP contribution in [0.1, 0.15) is 5.56 Å². The molecule has 0 fully saturated rings. The Morgan fingerprint density at radius 3 is 2.72 bits per heavy atom. The van der Waals surface area contributed by atoms with Crippen molar-refractivity contribution < 1.29 is 9.47 Å². The fourth-order valence-corrected chi connectivity index (χ4v) is 3.07. The van der Waals surface area contributed by atoms with Crippen molar-refractivity contribution in [3.05, 3.63) is 58.4 Å². The molecule has 1 aromatic heterocycles. The van der Waals surface area contributed by atoms with Gasteiger partial charge in [0.2, 0.25) is 5.13 Å². The molecule has 1 N–H and O–H groups in total. The van der Waals surface area contributed by atoms with Crippen LogP contribution in [0, 0.1) is 0 Å². The number of thiazole rings is 1. The fourth-order valence-electron chi connectivity index (χ4n) is 2.20. The van der Waals surface area contributed by atoms with E-state index in [1.807, 2.05) is 47.8 Å². The molecule has 7 heteroatoms. The minimum atomic E-state index is 0.668. The number of ether oxygens (including phenoxy) is 2. The highest BCUT2D eigenvalue weighted by molar-refractivity contribution is 7.14. The monoisotopic (exact) mass is 373 g/mol. The van der Waals surface area contributed by atoms with E-state index in [1.54, 1.807) is 20.4 Å². The van der Waals surface area contributed by atoms with Gasteiger partial charge in [-0.1, -0.05) is 23.7 Å². The van der Waals surface area contributed by atoms with Crippen molar-refractivity contribution in [3.63, 3.8) is 0 Å². The molecule has 0 aliphatic carbocycles. The van der Waals surface area contributed by atoms with Gasteiger partial charge in [0.1, 0.15) is 0 Å². The maximum Gasteiger partial charge on any atom is 0.203 e. The second-order valence-corrected chi connectivity index (χ2v) is 6.33. The predicted octanol–water partition coefficient (Wildman–Crippen LogP) is 4.93. The normalized spacial score (nSPS) is 10.8. The third kappa shape index (κ3) is 4.29. The van der Waals surface area contributed by atoms with Crippen LogP contribution in [0.3, 0.4) is 0 Å². The second-order valence-electron chi connectivity index (χ2n) is 5.03. The number of hydrogen-bond donors (Lipinski definition) is 1. The lowest BCUT2D eigenvalue weighted by Gasteiger charge is -2.08. The SMILES string of the molecule is COc1ccc(-c2csc(N/N=C\c3cccc(Cl)c3)n2)cc1OC. The number of anilines is 1. The molecule has 128 valence electrons. The number of hydrogen-bond acceptors (Lipinski definition) is 6. The maximum absolute atomic E-state index is 5.95. The van der Waals surface area contributed by atoms with Crippen LogP contribution < -0.4 is 14.9 Å². The molecule has 0 atom stereocenters. The van der Waals surface area contributed by atoms with E-state index < -0.39 is 0 Å².